The van der Waals surface area contributed by atoms with Crippen molar-refractivity contribution in [3.05, 3.63) is 35.0 Å². The number of aromatic nitrogens is 1. The van der Waals surface area contributed by atoms with E-state index in [0.29, 0.717) is 32.3 Å². The monoisotopic (exact) mass is 388 g/mol. The van der Waals surface area contributed by atoms with E-state index in [1.807, 2.05) is 19.1 Å². The van der Waals surface area contributed by atoms with Gasteiger partial charge >= 0.3 is 5.97 Å². The van der Waals surface area contributed by atoms with Crippen molar-refractivity contribution in [1.82, 2.24) is 4.98 Å². The van der Waals surface area contributed by atoms with Crippen molar-refractivity contribution in [1.29, 1.82) is 0 Å². The molecule has 1 saturated carbocycles. The number of rotatable bonds is 6. The number of nitrogens with zero attached hydrogens (tertiary/aromatic N) is 1. The molecule has 3 N–H and O–H groups in total. The molecule has 0 radical (unpaired) electrons. The predicted molar refractivity (Wildman–Crippen MR) is 108 cm³/mol. The molecular weight excluding hydrogens is 360 g/mol. The van der Waals surface area contributed by atoms with Crippen LogP contribution in [-0.4, -0.2) is 22.7 Å². The quantitative estimate of drug-likeness (QED) is 0.435. The van der Waals surface area contributed by atoms with Crippen LogP contribution < -0.4 is 5.73 Å². The summed E-state index contributed by atoms with van der Waals surface area (Å²) in [5.74, 6) is -0.237. The van der Waals surface area contributed by atoms with Crippen molar-refractivity contribution >= 4 is 23.0 Å². The smallest absolute Gasteiger partial charge is 0.308 e. The van der Waals surface area contributed by atoms with Gasteiger partial charge in [-0.25, -0.2) is 4.98 Å². The minimum Gasteiger partial charge on any atom is -0.465 e. The number of thiazole rings is 1. The third-order valence-corrected chi connectivity index (χ3v) is 6.42. The minimum atomic E-state index is -0.960. The molecule has 0 saturated heterocycles. The number of carbonyl (C=O) groups excluding carboxylic acids is 1. The fraction of sp³-hybridized carbons (Fsp3) is 0.524. The van der Waals surface area contributed by atoms with Crippen LogP contribution in [0.25, 0.3) is 10.4 Å². The molecule has 27 heavy (non-hydrogen) atoms. The highest BCUT2D eigenvalue weighted by Crippen LogP contribution is 2.43. The van der Waals surface area contributed by atoms with Crippen LogP contribution in [0.4, 0.5) is 5.69 Å². The number of nitrogen functional groups attached to an aromatic ring is 1. The Hall–Kier alpha value is -1.92. The number of aryl methyl sites for hydroxylation is 1. The van der Waals surface area contributed by atoms with Gasteiger partial charge in [-0.05, 0) is 62.3 Å². The summed E-state index contributed by atoms with van der Waals surface area (Å²) < 4.78 is 5.33. The normalized spacial score (nSPS) is 22.6. The molecule has 1 aromatic heterocycles. The van der Waals surface area contributed by atoms with Crippen molar-refractivity contribution < 1.29 is 14.6 Å². The maximum Gasteiger partial charge on any atom is 0.308 e. The number of esters is 1. The van der Waals surface area contributed by atoms with Crippen LogP contribution in [0.3, 0.4) is 0 Å². The van der Waals surface area contributed by atoms with Gasteiger partial charge in [0.25, 0.3) is 0 Å². The van der Waals surface area contributed by atoms with Crippen molar-refractivity contribution in [3.63, 3.8) is 0 Å². The van der Waals surface area contributed by atoms with Gasteiger partial charge in [-0.15, -0.1) is 11.3 Å². The number of nitrogens with two attached hydrogens (primary N) is 1. The second kappa shape index (κ2) is 8.40. The molecule has 146 valence electrons. The van der Waals surface area contributed by atoms with Crippen LogP contribution in [-0.2, 0) is 15.1 Å². The molecule has 0 amide bonds. The lowest BCUT2D eigenvalue weighted by Gasteiger charge is -2.33. The highest BCUT2D eigenvalue weighted by atomic mass is 32.1. The Bertz CT molecular complexity index is 774. The maximum atomic E-state index is 12.1. The SMILES string of the molecule is CCCCOC(=O)C1CCC(O)(c2ncc(-c3cc(C)cc(N)c3)s2)CC1. The minimum absolute atomic E-state index is 0.113. The summed E-state index contributed by atoms with van der Waals surface area (Å²) in [6.45, 7) is 4.57. The Balaban J connectivity index is 1.66. The fourth-order valence-corrected chi connectivity index (χ4v) is 4.61. The predicted octanol–water partition coefficient (Wildman–Crippen LogP) is 4.42. The number of hydrogen-bond donors (Lipinski definition) is 2. The molecule has 1 aliphatic carbocycles. The van der Waals surface area contributed by atoms with Crippen LogP contribution in [0.15, 0.2) is 24.4 Å². The molecule has 1 fully saturated rings. The first-order valence-corrected chi connectivity index (χ1v) is 10.5. The molecule has 1 aromatic carbocycles. The van der Waals surface area contributed by atoms with Crippen molar-refractivity contribution in [2.24, 2.45) is 5.92 Å². The van der Waals surface area contributed by atoms with Gasteiger partial charge in [0, 0.05) is 11.9 Å². The lowest BCUT2D eigenvalue weighted by atomic mass is 9.79. The van der Waals surface area contributed by atoms with E-state index >= 15 is 0 Å². The molecule has 2 aromatic rings. The first-order valence-electron chi connectivity index (χ1n) is 9.64. The summed E-state index contributed by atoms with van der Waals surface area (Å²) in [6.07, 6.45) is 6.04. The van der Waals surface area contributed by atoms with Crippen LogP contribution in [0.2, 0.25) is 0 Å². The van der Waals surface area contributed by atoms with Gasteiger partial charge in [0.15, 0.2) is 0 Å². The Morgan fingerprint density at radius 1 is 1.37 bits per heavy atom. The van der Waals surface area contributed by atoms with E-state index in [1.54, 1.807) is 6.20 Å². The number of aliphatic hydroxyl groups is 1. The largest absolute Gasteiger partial charge is 0.465 e. The third kappa shape index (κ3) is 4.68. The Labute approximate surface area is 164 Å². The number of benzene rings is 1. The van der Waals surface area contributed by atoms with Gasteiger partial charge in [-0.2, -0.15) is 0 Å². The molecule has 0 atom stereocenters. The van der Waals surface area contributed by atoms with E-state index in [1.165, 1.54) is 11.3 Å². The second-order valence-electron chi connectivity index (χ2n) is 7.49. The number of carbonyl (C=O) groups is 1. The van der Waals surface area contributed by atoms with Crippen molar-refractivity contribution in [2.45, 2.75) is 58.0 Å². The van der Waals surface area contributed by atoms with Crippen LogP contribution >= 0.6 is 11.3 Å². The van der Waals surface area contributed by atoms with Crippen LogP contribution in [0.5, 0.6) is 0 Å². The zero-order valence-electron chi connectivity index (χ0n) is 16.0. The Morgan fingerprint density at radius 3 is 2.78 bits per heavy atom. The Kier molecular flexibility index (Phi) is 6.17. The molecule has 5 nitrogen and oxygen atoms in total. The van der Waals surface area contributed by atoms with Crippen molar-refractivity contribution in [3.8, 4) is 10.4 Å². The summed E-state index contributed by atoms with van der Waals surface area (Å²) in [4.78, 5) is 17.6. The number of hydrogen-bond acceptors (Lipinski definition) is 6. The fourth-order valence-electron chi connectivity index (χ4n) is 3.56. The topological polar surface area (TPSA) is 85.4 Å². The van der Waals surface area contributed by atoms with E-state index in [4.69, 9.17) is 10.5 Å². The third-order valence-electron chi connectivity index (χ3n) is 5.18. The van der Waals surface area contributed by atoms with E-state index in [-0.39, 0.29) is 11.9 Å². The first kappa shape index (κ1) is 19.8. The number of anilines is 1. The molecule has 6 heteroatoms. The lowest BCUT2D eigenvalue weighted by molar-refractivity contribution is -0.151. The maximum absolute atomic E-state index is 12.1. The van der Waals surface area contributed by atoms with E-state index in [9.17, 15) is 9.90 Å². The molecule has 0 bridgehead atoms. The molecule has 3 rings (SSSR count). The van der Waals surface area contributed by atoms with E-state index in [2.05, 4.69) is 18.0 Å². The van der Waals surface area contributed by atoms with Gasteiger partial charge < -0.3 is 15.6 Å². The molecule has 0 spiro atoms. The Morgan fingerprint density at radius 2 is 2.11 bits per heavy atom. The van der Waals surface area contributed by atoms with Gasteiger partial charge in [0.1, 0.15) is 10.6 Å². The highest BCUT2D eigenvalue weighted by molar-refractivity contribution is 7.15. The summed E-state index contributed by atoms with van der Waals surface area (Å²) >= 11 is 1.50. The van der Waals surface area contributed by atoms with E-state index < -0.39 is 5.60 Å². The summed E-state index contributed by atoms with van der Waals surface area (Å²) in [5, 5.41) is 11.8. The molecule has 1 aliphatic rings. The lowest BCUT2D eigenvalue weighted by Crippen LogP contribution is -2.34. The first-order chi connectivity index (χ1) is 12.9. The number of unbranched alkanes of at least 4 members (excludes halogenated alkanes) is 1. The van der Waals surface area contributed by atoms with Crippen LogP contribution in [0.1, 0.15) is 56.0 Å². The second-order valence-corrected chi connectivity index (χ2v) is 8.52. The molecular formula is C21H28N2O3S. The summed E-state index contributed by atoms with van der Waals surface area (Å²) in [7, 11) is 0. The summed E-state index contributed by atoms with van der Waals surface area (Å²) in [5.41, 5.74) is 7.83. The number of ether oxygens (including phenoxy) is 1. The molecule has 0 aliphatic heterocycles. The average molecular weight is 389 g/mol. The van der Waals surface area contributed by atoms with Crippen molar-refractivity contribution in [2.75, 3.05) is 12.3 Å². The van der Waals surface area contributed by atoms with Gasteiger partial charge in [-0.3, -0.25) is 4.79 Å². The van der Waals surface area contributed by atoms with Gasteiger partial charge in [0.2, 0.25) is 0 Å². The molecule has 0 unspecified atom stereocenters. The summed E-state index contributed by atoms with van der Waals surface area (Å²) in [6, 6.07) is 5.93. The van der Waals surface area contributed by atoms with Gasteiger partial charge in [-0.1, -0.05) is 19.4 Å². The standard InChI is InChI=1S/C21H28N2O3S/c1-3-4-9-26-19(24)15-5-7-21(25,8-6-15)20-23-13-18(27-20)16-10-14(2)11-17(22)12-16/h10-13,15,25H,3-9,22H2,1-2H3. The molecule has 1 heterocycles. The van der Waals surface area contributed by atoms with E-state index in [0.717, 1.165) is 39.5 Å². The highest BCUT2D eigenvalue weighted by Gasteiger charge is 2.39. The van der Waals surface area contributed by atoms with Gasteiger partial charge in [0.05, 0.1) is 17.4 Å². The zero-order valence-corrected chi connectivity index (χ0v) is 16.8. The van der Waals surface area contributed by atoms with Crippen LogP contribution in [0, 0.1) is 12.8 Å². The zero-order chi connectivity index (χ0) is 19.4. The average Bonchev–Trinajstić information content (AvgIpc) is 3.13.